The molecule has 0 saturated carbocycles. The predicted molar refractivity (Wildman–Crippen MR) is 62.9 cm³/mol. The van der Waals surface area contributed by atoms with Gasteiger partial charge in [0.15, 0.2) is 0 Å². The molecule has 0 bridgehead atoms. The van der Waals surface area contributed by atoms with Crippen molar-refractivity contribution < 1.29 is 25.0 Å². The Morgan fingerprint density at radius 2 is 1.79 bits per heavy atom. The van der Waals surface area contributed by atoms with Gasteiger partial charge in [-0.3, -0.25) is 4.79 Å². The number of nitro groups is 1. The van der Waals surface area contributed by atoms with Crippen LogP contribution in [0, 0.1) is 15.5 Å². The second-order valence-electron chi connectivity index (χ2n) is 5.14. The van der Waals surface area contributed by atoms with Gasteiger partial charge in [0.05, 0.1) is 5.41 Å². The van der Waals surface area contributed by atoms with E-state index in [1.54, 1.807) is 0 Å². The van der Waals surface area contributed by atoms with Crippen molar-refractivity contribution in [3.05, 3.63) is 10.1 Å². The van der Waals surface area contributed by atoms with Crippen LogP contribution in [0.4, 0.5) is 5.95 Å². The van der Waals surface area contributed by atoms with E-state index in [0.29, 0.717) is 4.57 Å². The van der Waals surface area contributed by atoms with Gasteiger partial charge in [0.2, 0.25) is 0 Å². The van der Waals surface area contributed by atoms with E-state index in [0.717, 1.165) is 0 Å². The number of imidazole rings is 1. The van der Waals surface area contributed by atoms with E-state index in [2.05, 4.69) is 4.98 Å². The Morgan fingerprint density at radius 1 is 1.32 bits per heavy atom. The highest BCUT2D eigenvalue weighted by atomic mass is 16.6. The van der Waals surface area contributed by atoms with E-state index in [-0.39, 0.29) is 0 Å². The van der Waals surface area contributed by atoms with E-state index in [1.165, 1.54) is 27.7 Å². The quantitative estimate of drug-likeness (QED) is 0.550. The first-order valence-electron chi connectivity index (χ1n) is 5.33. The summed E-state index contributed by atoms with van der Waals surface area (Å²) >= 11 is 0. The van der Waals surface area contributed by atoms with Crippen LogP contribution >= 0.6 is 0 Å². The fourth-order valence-electron chi connectivity index (χ4n) is 1.57. The Hall–Kier alpha value is -2.32. The zero-order valence-electron chi connectivity index (χ0n) is 10.9. The van der Waals surface area contributed by atoms with E-state index in [9.17, 15) is 30.2 Å². The number of carboxylic acids is 1. The van der Waals surface area contributed by atoms with Crippen LogP contribution in [-0.2, 0) is 10.3 Å². The summed E-state index contributed by atoms with van der Waals surface area (Å²) < 4.78 is 0.705. The van der Waals surface area contributed by atoms with Gasteiger partial charge in [-0.05, 0) is 37.6 Å². The lowest BCUT2D eigenvalue weighted by atomic mass is 9.74. The lowest BCUT2D eigenvalue weighted by Gasteiger charge is -2.36. The van der Waals surface area contributed by atoms with Crippen LogP contribution in [0.3, 0.4) is 0 Å². The summed E-state index contributed by atoms with van der Waals surface area (Å²) in [6.45, 7) is 5.51. The molecule has 1 rings (SSSR count). The zero-order valence-corrected chi connectivity index (χ0v) is 10.9. The van der Waals surface area contributed by atoms with Crippen molar-refractivity contribution in [1.29, 1.82) is 0 Å². The van der Waals surface area contributed by atoms with Gasteiger partial charge >= 0.3 is 23.7 Å². The largest absolute Gasteiger partial charge is 0.481 e. The molecule has 9 heteroatoms. The van der Waals surface area contributed by atoms with E-state index in [4.69, 9.17) is 0 Å². The fourth-order valence-corrected chi connectivity index (χ4v) is 1.57. The fraction of sp³-hybridized carbons (Fsp3) is 0.600. The Morgan fingerprint density at radius 3 is 2.16 bits per heavy atom. The van der Waals surface area contributed by atoms with Crippen LogP contribution in [-0.4, -0.2) is 35.8 Å². The summed E-state index contributed by atoms with van der Waals surface area (Å²) in [6, 6.07) is 0. The van der Waals surface area contributed by atoms with Gasteiger partial charge in [0.25, 0.3) is 0 Å². The smallest absolute Gasteiger partial charge is 0.441 e. The minimum Gasteiger partial charge on any atom is -0.481 e. The van der Waals surface area contributed by atoms with Gasteiger partial charge < -0.3 is 25.4 Å². The molecular formula is C10H15N3O6. The molecule has 0 aliphatic heterocycles. The minimum absolute atomic E-state index is 0.705. The highest BCUT2D eigenvalue weighted by Gasteiger charge is 2.52. The number of nitrogens with zero attached hydrogens (tertiary/aromatic N) is 3. The Balaban J connectivity index is 3.61. The van der Waals surface area contributed by atoms with E-state index < -0.39 is 39.6 Å². The molecule has 0 unspecified atom stereocenters. The average molecular weight is 273 g/mol. The first-order valence-corrected chi connectivity index (χ1v) is 5.33. The highest BCUT2D eigenvalue weighted by molar-refractivity contribution is 5.75. The van der Waals surface area contributed by atoms with Crippen molar-refractivity contribution in [2.24, 2.45) is 5.41 Å². The summed E-state index contributed by atoms with van der Waals surface area (Å²) in [4.78, 5) is 24.5. The Kier molecular flexibility index (Phi) is 3.19. The summed E-state index contributed by atoms with van der Waals surface area (Å²) in [5.41, 5.74) is -2.86. The molecular weight excluding hydrogens is 258 g/mol. The number of carboxylic acid groups (broad SMARTS) is 1. The average Bonchev–Trinajstić information content (AvgIpc) is 2.55. The topological polar surface area (TPSA) is 139 Å². The number of hydrogen-bond acceptors (Lipinski definition) is 6. The summed E-state index contributed by atoms with van der Waals surface area (Å²) in [7, 11) is 0. The van der Waals surface area contributed by atoms with Crippen LogP contribution in [0.15, 0.2) is 0 Å². The Labute approximate surface area is 108 Å². The number of rotatable bonds is 4. The van der Waals surface area contributed by atoms with Crippen molar-refractivity contribution in [3.63, 3.8) is 0 Å². The van der Waals surface area contributed by atoms with Crippen molar-refractivity contribution in [2.45, 2.75) is 33.2 Å². The molecule has 106 valence electrons. The zero-order chi connectivity index (χ0) is 15.2. The number of aromatic nitrogens is 2. The molecule has 1 heterocycles. The Bertz CT molecular complexity index is 546. The summed E-state index contributed by atoms with van der Waals surface area (Å²) in [5.74, 6) is -3.79. The summed E-state index contributed by atoms with van der Waals surface area (Å²) in [6.07, 6.45) is 0. The molecule has 0 saturated heterocycles. The van der Waals surface area contributed by atoms with Gasteiger partial charge in [-0.1, -0.05) is 0 Å². The predicted octanol–water partition coefficient (Wildman–Crippen LogP) is 1.05. The molecule has 0 spiro atoms. The van der Waals surface area contributed by atoms with Gasteiger partial charge in [-0.15, -0.1) is 0 Å². The van der Waals surface area contributed by atoms with Crippen LogP contribution in [0.5, 0.6) is 11.8 Å². The monoisotopic (exact) mass is 273 g/mol. The van der Waals surface area contributed by atoms with Gasteiger partial charge in [0.1, 0.15) is 5.54 Å². The maximum atomic E-state index is 11.3. The van der Waals surface area contributed by atoms with Crippen molar-refractivity contribution in [3.8, 4) is 11.8 Å². The molecule has 0 aliphatic carbocycles. The third-order valence-corrected chi connectivity index (χ3v) is 3.60. The van der Waals surface area contributed by atoms with Crippen LogP contribution in [0.25, 0.3) is 0 Å². The normalized spacial score (nSPS) is 12.4. The molecule has 0 radical (unpaired) electrons. The van der Waals surface area contributed by atoms with Crippen molar-refractivity contribution in [2.75, 3.05) is 0 Å². The van der Waals surface area contributed by atoms with Crippen molar-refractivity contribution in [1.82, 2.24) is 9.55 Å². The molecule has 0 aliphatic rings. The maximum absolute atomic E-state index is 11.3. The first-order chi connectivity index (χ1) is 8.44. The lowest BCUT2D eigenvalue weighted by molar-refractivity contribution is -0.398. The highest BCUT2D eigenvalue weighted by Crippen LogP contribution is 2.44. The third kappa shape index (κ3) is 1.96. The van der Waals surface area contributed by atoms with Gasteiger partial charge in [-0.25, -0.2) is 0 Å². The first kappa shape index (κ1) is 14.7. The van der Waals surface area contributed by atoms with Crippen LogP contribution in [0.2, 0.25) is 0 Å². The van der Waals surface area contributed by atoms with Gasteiger partial charge in [0, 0.05) is 0 Å². The third-order valence-electron chi connectivity index (χ3n) is 3.60. The molecule has 1 aromatic rings. The lowest BCUT2D eigenvalue weighted by Crippen LogP contribution is -2.47. The van der Waals surface area contributed by atoms with E-state index in [1.807, 2.05) is 0 Å². The SMILES string of the molecule is CC(C)(C(=O)O)C(C)(C)n1c([N+](=O)[O-])nc(O)c1O. The number of hydrogen-bond donors (Lipinski definition) is 3. The molecule has 9 nitrogen and oxygen atoms in total. The number of aromatic hydroxyl groups is 2. The standard InChI is InChI=1S/C10H15N3O6/c1-9(2,7(16)17)10(3,4)12-6(15)5(14)11-8(12)13(18)19/h14-15H,1-4H3,(H,16,17). The maximum Gasteiger partial charge on any atom is 0.441 e. The molecule has 0 atom stereocenters. The molecule has 0 amide bonds. The minimum atomic E-state index is -1.46. The number of aliphatic carboxylic acids is 1. The van der Waals surface area contributed by atoms with Crippen LogP contribution in [0.1, 0.15) is 27.7 Å². The van der Waals surface area contributed by atoms with Crippen molar-refractivity contribution >= 4 is 11.9 Å². The van der Waals surface area contributed by atoms with Gasteiger partial charge in [-0.2, -0.15) is 4.57 Å². The second-order valence-corrected chi connectivity index (χ2v) is 5.14. The molecule has 0 fully saturated rings. The molecule has 1 aromatic heterocycles. The molecule has 19 heavy (non-hydrogen) atoms. The molecule has 3 N–H and O–H groups in total. The van der Waals surface area contributed by atoms with Crippen LogP contribution < -0.4 is 0 Å². The molecule has 0 aromatic carbocycles. The van der Waals surface area contributed by atoms with E-state index >= 15 is 0 Å². The second kappa shape index (κ2) is 4.11. The number of carbonyl (C=O) groups is 1. The summed E-state index contributed by atoms with van der Waals surface area (Å²) in [5, 5.41) is 39.1.